The van der Waals surface area contributed by atoms with Gasteiger partial charge in [-0.05, 0) is 39.8 Å². The molecule has 0 bridgehead atoms. The van der Waals surface area contributed by atoms with Crippen LogP contribution in [0.2, 0.25) is 0 Å². The smallest absolute Gasteiger partial charge is 0.308 e. The van der Waals surface area contributed by atoms with Gasteiger partial charge in [0, 0.05) is 9.01 Å². The van der Waals surface area contributed by atoms with Gasteiger partial charge in [-0.1, -0.05) is 17.7 Å². The summed E-state index contributed by atoms with van der Waals surface area (Å²) in [5, 5.41) is 0. The Hall–Kier alpha value is -0.480. The van der Waals surface area contributed by atoms with Crippen LogP contribution in [0.3, 0.4) is 0 Å². The van der Waals surface area contributed by atoms with Crippen molar-refractivity contribution in [3.05, 3.63) is 29.8 Å². The van der Waals surface area contributed by atoms with Crippen LogP contribution in [0.25, 0.3) is 0 Å². The van der Waals surface area contributed by atoms with E-state index in [0.717, 1.165) is 5.56 Å². The van der Waals surface area contributed by atoms with Gasteiger partial charge >= 0.3 is 7.60 Å². The minimum atomic E-state index is -4.05. The molecule has 6 heteroatoms. The lowest BCUT2D eigenvalue weighted by molar-refractivity contribution is 0.219. The lowest BCUT2D eigenvalue weighted by Gasteiger charge is -2.22. The zero-order valence-electron chi connectivity index (χ0n) is 14.3. The van der Waals surface area contributed by atoms with Gasteiger partial charge in [0.1, 0.15) is 4.99 Å². The first kappa shape index (κ1) is 12.3. The van der Waals surface area contributed by atoms with E-state index in [4.69, 9.17) is 13.2 Å². The van der Waals surface area contributed by atoms with Crippen LogP contribution in [0.5, 0.6) is 0 Å². The summed E-state index contributed by atoms with van der Waals surface area (Å²) >= 11 is 0. The Balaban J connectivity index is 3.31. The topological polar surface area (TPSA) is 52.6 Å². The highest BCUT2D eigenvalue weighted by Crippen LogP contribution is 2.54. The molecule has 0 fully saturated rings. The second-order valence-corrected chi connectivity index (χ2v) is 7.84. The van der Waals surface area contributed by atoms with Crippen molar-refractivity contribution in [1.82, 2.24) is 0 Å². The quantitative estimate of drug-likeness (QED) is 0.721. The van der Waals surface area contributed by atoms with Crippen LogP contribution >= 0.6 is 7.60 Å². The maximum atomic E-state index is 12.8. The predicted octanol–water partition coefficient (Wildman–Crippen LogP) is 3.71. The van der Waals surface area contributed by atoms with E-state index in [1.807, 2.05) is 6.92 Å². The third-order valence-electron chi connectivity index (χ3n) is 2.36. The van der Waals surface area contributed by atoms with Crippen LogP contribution in [0.15, 0.2) is 29.2 Å². The Labute approximate surface area is 121 Å². The molecular formula is C13H21O4PS. The molecule has 0 saturated carbocycles. The highest BCUT2D eigenvalue weighted by Gasteiger charge is 2.36. The minimum absolute atomic E-state index is 0.00888. The molecule has 0 aliphatic rings. The monoisotopic (exact) mass is 307 g/mol. The maximum absolute atomic E-state index is 12.8. The van der Waals surface area contributed by atoms with Gasteiger partial charge in [0.25, 0.3) is 0 Å². The molecule has 0 saturated heterocycles. The fourth-order valence-electron chi connectivity index (χ4n) is 1.45. The van der Waals surface area contributed by atoms with Gasteiger partial charge in [0.2, 0.25) is 0 Å². The van der Waals surface area contributed by atoms with Crippen LogP contribution in [0.1, 0.15) is 30.4 Å². The average molecular weight is 307 g/mol. The van der Waals surface area contributed by atoms with E-state index in [1.54, 1.807) is 38.1 Å². The van der Waals surface area contributed by atoms with Crippen molar-refractivity contribution >= 4 is 18.4 Å². The summed E-state index contributed by atoms with van der Waals surface area (Å²) in [6.07, 6.45) is 0. The Morgan fingerprint density at radius 2 is 1.79 bits per heavy atom. The van der Waals surface area contributed by atoms with Crippen molar-refractivity contribution in [3.8, 4) is 0 Å². The van der Waals surface area contributed by atoms with Gasteiger partial charge < -0.3 is 9.05 Å². The molecule has 1 aromatic rings. The maximum Gasteiger partial charge on any atom is 0.346 e. The molecule has 4 nitrogen and oxygen atoms in total. The fourth-order valence-corrected chi connectivity index (χ4v) is 4.85. The molecule has 1 rings (SSSR count). The van der Waals surface area contributed by atoms with Gasteiger partial charge in [-0.3, -0.25) is 8.77 Å². The molecule has 0 heterocycles. The van der Waals surface area contributed by atoms with Crippen molar-refractivity contribution in [2.75, 3.05) is 13.2 Å². The van der Waals surface area contributed by atoms with Crippen LogP contribution in [-0.2, 0) is 24.4 Å². The largest absolute Gasteiger partial charge is 0.346 e. The third kappa shape index (κ3) is 4.25. The minimum Gasteiger partial charge on any atom is -0.308 e. The zero-order chi connectivity index (χ0) is 17.0. The standard InChI is InChI=1S/C13H21O4PS/c1-5-16-18(14,17-6-2)12(4)19(15)13-9-7-11(3)8-10-13/h7-10,12H,5-6H2,1-4H3/t12?,19-/m1/s1/i4D3. The van der Waals surface area contributed by atoms with Crippen LogP contribution < -0.4 is 0 Å². The van der Waals surface area contributed by atoms with Crippen molar-refractivity contribution in [2.45, 2.75) is 37.5 Å². The Morgan fingerprint density at radius 3 is 2.21 bits per heavy atom. The molecule has 19 heavy (non-hydrogen) atoms. The molecule has 0 radical (unpaired) electrons. The Morgan fingerprint density at radius 1 is 1.26 bits per heavy atom. The number of hydrogen-bond acceptors (Lipinski definition) is 4. The highest BCUT2D eigenvalue weighted by atomic mass is 32.2. The van der Waals surface area contributed by atoms with Crippen LogP contribution in [-0.4, -0.2) is 22.4 Å². The highest BCUT2D eigenvalue weighted by molar-refractivity contribution is 7.93. The number of rotatable bonds is 7. The summed E-state index contributed by atoms with van der Waals surface area (Å²) in [7, 11) is -6.09. The van der Waals surface area contributed by atoms with E-state index in [-0.39, 0.29) is 18.1 Å². The average Bonchev–Trinajstić information content (AvgIpc) is 2.38. The van der Waals surface area contributed by atoms with Gasteiger partial charge in [0.05, 0.1) is 24.0 Å². The lowest BCUT2D eigenvalue weighted by Crippen LogP contribution is -2.15. The normalized spacial score (nSPS) is 18.2. The summed E-state index contributed by atoms with van der Waals surface area (Å²) in [5.74, 6) is 0. The first-order chi connectivity index (χ1) is 10.2. The van der Waals surface area contributed by atoms with Gasteiger partial charge in [-0.2, -0.15) is 0 Å². The van der Waals surface area contributed by atoms with Crippen molar-refractivity contribution in [3.63, 3.8) is 0 Å². The SMILES string of the molecule is [2H]C([2H])([2H])C([S@@](=O)c1ccc(C)cc1)P(=O)(OCC)OCC. The first-order valence-corrected chi connectivity index (χ1v) is 8.84. The molecule has 1 aromatic carbocycles. The fraction of sp³-hybridized carbons (Fsp3) is 0.538. The van der Waals surface area contributed by atoms with E-state index in [9.17, 15) is 8.77 Å². The second kappa shape index (κ2) is 7.34. The third-order valence-corrected chi connectivity index (χ3v) is 6.66. The van der Waals surface area contributed by atoms with Gasteiger partial charge in [-0.15, -0.1) is 0 Å². The van der Waals surface area contributed by atoms with Gasteiger partial charge in [0.15, 0.2) is 0 Å². The molecule has 0 spiro atoms. The summed E-state index contributed by atoms with van der Waals surface area (Å²) < 4.78 is 58.7. The second-order valence-electron chi connectivity index (χ2n) is 3.84. The Bertz CT molecular complexity index is 549. The van der Waals surface area contributed by atoms with Crippen LogP contribution in [0.4, 0.5) is 0 Å². The van der Waals surface area contributed by atoms with Crippen molar-refractivity contribution in [2.24, 2.45) is 0 Å². The summed E-state index contributed by atoms with van der Waals surface area (Å²) in [4.78, 5) is -1.44. The summed E-state index contributed by atoms with van der Waals surface area (Å²) in [6.45, 7) is 2.30. The number of aryl methyl sites for hydroxylation is 1. The number of hydrogen-bond donors (Lipinski definition) is 0. The van der Waals surface area contributed by atoms with E-state index in [2.05, 4.69) is 0 Å². The van der Waals surface area contributed by atoms with Crippen molar-refractivity contribution in [1.29, 1.82) is 0 Å². The lowest BCUT2D eigenvalue weighted by atomic mass is 10.2. The molecule has 0 amide bonds. The first-order valence-electron chi connectivity index (χ1n) is 7.51. The molecule has 108 valence electrons. The molecular weight excluding hydrogens is 283 g/mol. The van der Waals surface area contributed by atoms with E-state index in [0.29, 0.717) is 0 Å². The molecule has 0 N–H and O–H groups in total. The molecule has 0 aromatic heterocycles. The van der Waals surface area contributed by atoms with E-state index < -0.39 is 30.2 Å². The predicted molar refractivity (Wildman–Crippen MR) is 77.9 cm³/mol. The molecule has 1 unspecified atom stereocenters. The van der Waals surface area contributed by atoms with Gasteiger partial charge in [-0.25, -0.2) is 0 Å². The molecule has 0 aliphatic heterocycles. The number of benzene rings is 1. The van der Waals surface area contributed by atoms with Crippen molar-refractivity contribution < 1.29 is 21.9 Å². The van der Waals surface area contributed by atoms with E-state index in [1.165, 1.54) is 0 Å². The Kier molecular flexibility index (Phi) is 4.74. The van der Waals surface area contributed by atoms with E-state index >= 15 is 0 Å². The molecule has 0 aliphatic carbocycles. The summed E-state index contributed by atoms with van der Waals surface area (Å²) in [6, 6.07) is 6.56. The van der Waals surface area contributed by atoms with Crippen LogP contribution in [0, 0.1) is 6.92 Å². The summed E-state index contributed by atoms with van der Waals surface area (Å²) in [5.41, 5.74) is 0.948. The zero-order valence-corrected chi connectivity index (χ0v) is 13.0. The molecule has 2 atom stereocenters.